The number of nitrogens with one attached hydrogen (secondary N) is 2. The molecule has 3 atom stereocenters. The second-order valence-electron chi connectivity index (χ2n) is 9.09. The summed E-state index contributed by atoms with van der Waals surface area (Å²) in [4.78, 5) is 47.2. The highest BCUT2D eigenvalue weighted by Gasteiger charge is 2.50. The molecule has 34 heavy (non-hydrogen) atoms. The minimum Gasteiger partial charge on any atom is -0.469 e. The Balaban J connectivity index is 2.71. The van der Waals surface area contributed by atoms with Crippen molar-refractivity contribution in [3.05, 3.63) is 0 Å². The fraction of sp³-hybridized carbons (Fsp3) is 0.800. The van der Waals surface area contributed by atoms with E-state index in [9.17, 15) is 28.8 Å². The summed E-state index contributed by atoms with van der Waals surface area (Å²) in [5.41, 5.74) is -2.09. The summed E-state index contributed by atoms with van der Waals surface area (Å²) in [6.07, 6.45) is -2.90. The Morgan fingerprint density at radius 2 is 1.62 bits per heavy atom. The number of rotatable bonds is 12. The van der Waals surface area contributed by atoms with Gasteiger partial charge in [0.1, 0.15) is 6.10 Å². The average Bonchev–Trinajstić information content (AvgIpc) is 2.78. The number of hydrogen-bond donors (Lipinski definition) is 3. The third kappa shape index (κ3) is 8.95. The molecule has 2 amide bonds. The van der Waals surface area contributed by atoms with E-state index in [1.807, 2.05) is 0 Å². The van der Waals surface area contributed by atoms with Crippen molar-refractivity contribution < 1.29 is 51.9 Å². The summed E-state index contributed by atoms with van der Waals surface area (Å²) >= 11 is 0. The lowest BCUT2D eigenvalue weighted by Crippen LogP contribution is -2.50. The van der Waals surface area contributed by atoms with Crippen LogP contribution >= 0.6 is 7.82 Å². The fourth-order valence-electron chi connectivity index (χ4n) is 2.74. The molecular weight excluding hydrogens is 475 g/mol. The van der Waals surface area contributed by atoms with Gasteiger partial charge in [-0.2, -0.15) is 0 Å². The summed E-state index contributed by atoms with van der Waals surface area (Å²) in [5, 5.41) is 15.3. The number of aliphatic hydroxyl groups excluding tert-OH is 1. The first kappa shape index (κ1) is 30.0. The van der Waals surface area contributed by atoms with Crippen molar-refractivity contribution in [3.8, 4) is 0 Å². The van der Waals surface area contributed by atoms with Crippen molar-refractivity contribution in [3.63, 3.8) is 0 Å². The number of phosphoric acid groups is 1. The van der Waals surface area contributed by atoms with Gasteiger partial charge in [0.2, 0.25) is 11.8 Å². The smallest absolute Gasteiger partial charge is 0.469 e. The largest absolute Gasteiger partial charge is 0.475 e. The Kier molecular flexibility index (Phi) is 11.1. The highest BCUT2D eigenvalue weighted by atomic mass is 31.2. The van der Waals surface area contributed by atoms with Crippen LogP contribution in [0.15, 0.2) is 0 Å². The Bertz CT molecular complexity index is 799. The van der Waals surface area contributed by atoms with Gasteiger partial charge in [0.15, 0.2) is 6.10 Å². The number of ether oxygens (including phenoxy) is 2. The van der Waals surface area contributed by atoms with Crippen LogP contribution in [-0.4, -0.2) is 81.6 Å². The Hall–Kier alpha value is -2.05. The van der Waals surface area contributed by atoms with E-state index >= 15 is 0 Å². The minimum atomic E-state index is -4.22. The third-order valence-corrected chi connectivity index (χ3v) is 6.43. The van der Waals surface area contributed by atoms with Crippen molar-refractivity contribution in [2.24, 2.45) is 10.8 Å². The molecule has 1 aliphatic rings. The first-order valence-electron chi connectivity index (χ1n) is 10.6. The summed E-state index contributed by atoms with van der Waals surface area (Å²) in [7, 11) is -1.78. The molecule has 1 saturated heterocycles. The molecule has 1 rings (SSSR count). The zero-order chi connectivity index (χ0) is 26.2. The number of phosphoric ester groups is 1. The van der Waals surface area contributed by atoms with Crippen LogP contribution in [0.5, 0.6) is 0 Å². The van der Waals surface area contributed by atoms with Crippen molar-refractivity contribution in [2.45, 2.75) is 52.7 Å². The predicted octanol–water partition coefficient (Wildman–Crippen LogP) is 0.298. The van der Waals surface area contributed by atoms with E-state index in [2.05, 4.69) is 20.1 Å². The number of hydrogen-bond acceptors (Lipinski definition) is 11. The molecule has 0 saturated carbocycles. The van der Waals surface area contributed by atoms with E-state index in [-0.39, 0.29) is 32.5 Å². The van der Waals surface area contributed by atoms with Gasteiger partial charge in [0.05, 0.1) is 40.3 Å². The van der Waals surface area contributed by atoms with Gasteiger partial charge in [-0.25, -0.2) is 4.57 Å². The van der Waals surface area contributed by atoms with Crippen LogP contribution in [0.3, 0.4) is 0 Å². The zero-order valence-corrected chi connectivity index (χ0v) is 21.3. The van der Waals surface area contributed by atoms with Crippen molar-refractivity contribution >= 4 is 31.6 Å². The second kappa shape index (κ2) is 12.6. The molecule has 3 N–H and O–H groups in total. The molecule has 0 spiro atoms. The van der Waals surface area contributed by atoms with Gasteiger partial charge in [-0.05, 0) is 0 Å². The molecule has 0 aromatic heterocycles. The van der Waals surface area contributed by atoms with Gasteiger partial charge in [-0.1, -0.05) is 27.7 Å². The first-order valence-corrected chi connectivity index (χ1v) is 12.1. The predicted molar refractivity (Wildman–Crippen MR) is 117 cm³/mol. The maximum absolute atomic E-state index is 13.0. The number of esters is 2. The van der Waals surface area contributed by atoms with E-state index in [1.165, 1.54) is 28.1 Å². The van der Waals surface area contributed by atoms with Gasteiger partial charge >= 0.3 is 19.8 Å². The molecule has 0 radical (unpaired) electrons. The lowest BCUT2D eigenvalue weighted by molar-refractivity contribution is -0.144. The lowest BCUT2D eigenvalue weighted by Gasteiger charge is -2.40. The van der Waals surface area contributed by atoms with Gasteiger partial charge in [-0.3, -0.25) is 32.7 Å². The van der Waals surface area contributed by atoms with Crippen LogP contribution in [0.1, 0.15) is 40.5 Å². The van der Waals surface area contributed by atoms with Gasteiger partial charge < -0.3 is 25.2 Å². The molecular formula is C20H35N2O11P. The quantitative estimate of drug-likeness (QED) is 0.243. The zero-order valence-electron chi connectivity index (χ0n) is 20.4. The van der Waals surface area contributed by atoms with Gasteiger partial charge in [0, 0.05) is 23.9 Å². The molecule has 1 fully saturated rings. The molecule has 14 heteroatoms. The first-order chi connectivity index (χ1) is 15.7. The van der Waals surface area contributed by atoms with Gasteiger partial charge in [-0.15, -0.1) is 0 Å². The van der Waals surface area contributed by atoms with Crippen molar-refractivity contribution in [1.29, 1.82) is 0 Å². The SMILES string of the molecule is COC(=O)CCNC(=O)C1OP(=O)(OCC(C)(C)[C@@H](O)C(=O)NCCC(=O)OC)OCC1(C)C. The molecule has 0 aromatic rings. The standard InChI is InChI=1S/C20H35N2O11P/c1-19(2,15(25)17(26)21-9-7-13(23)29-5)11-31-34(28)32-12-20(3,4)16(33-34)18(27)22-10-8-14(24)30-6/h15-16,25H,7-12H2,1-6H3,(H,21,26)(H,22,27)/t15-,16?,34?/m0/s1. The van der Waals surface area contributed by atoms with E-state index in [1.54, 1.807) is 13.8 Å². The van der Waals surface area contributed by atoms with Crippen LogP contribution in [0.4, 0.5) is 0 Å². The maximum atomic E-state index is 13.0. The average molecular weight is 510 g/mol. The minimum absolute atomic E-state index is 0.00221. The third-order valence-electron chi connectivity index (χ3n) is 5.07. The number of carbonyl (C=O) groups is 4. The highest BCUT2D eigenvalue weighted by molar-refractivity contribution is 7.48. The topological polar surface area (TPSA) is 176 Å². The summed E-state index contributed by atoms with van der Waals surface area (Å²) in [6, 6.07) is 0. The molecule has 1 heterocycles. The second-order valence-corrected chi connectivity index (χ2v) is 10.7. The summed E-state index contributed by atoms with van der Waals surface area (Å²) in [5.74, 6) is -2.39. The molecule has 1 aliphatic heterocycles. The molecule has 0 aromatic carbocycles. The van der Waals surface area contributed by atoms with Crippen LogP contribution in [0, 0.1) is 10.8 Å². The molecule has 13 nitrogen and oxygen atoms in total. The Morgan fingerprint density at radius 1 is 1.09 bits per heavy atom. The van der Waals surface area contributed by atoms with Crippen LogP contribution in [0.2, 0.25) is 0 Å². The Morgan fingerprint density at radius 3 is 2.15 bits per heavy atom. The molecule has 2 unspecified atom stereocenters. The van der Waals surface area contributed by atoms with Crippen molar-refractivity contribution in [1.82, 2.24) is 10.6 Å². The van der Waals surface area contributed by atoms with E-state index in [4.69, 9.17) is 13.6 Å². The monoisotopic (exact) mass is 510 g/mol. The molecule has 196 valence electrons. The summed E-state index contributed by atoms with van der Waals surface area (Å²) in [6.45, 7) is 5.76. The lowest BCUT2D eigenvalue weighted by atomic mass is 9.87. The fourth-order valence-corrected chi connectivity index (χ4v) is 4.56. The molecule has 0 bridgehead atoms. The highest BCUT2D eigenvalue weighted by Crippen LogP contribution is 2.57. The number of carbonyl (C=O) groups excluding carboxylic acids is 4. The number of methoxy groups -OCH3 is 2. The van der Waals surface area contributed by atoms with Crippen LogP contribution in [0.25, 0.3) is 0 Å². The van der Waals surface area contributed by atoms with E-state index in [0.29, 0.717) is 0 Å². The van der Waals surface area contributed by atoms with Crippen molar-refractivity contribution in [2.75, 3.05) is 40.5 Å². The number of amides is 2. The number of aliphatic hydroxyl groups is 1. The van der Waals surface area contributed by atoms with Crippen LogP contribution in [-0.2, 0) is 46.8 Å². The van der Waals surface area contributed by atoms with E-state index < -0.39 is 61.2 Å². The Labute approximate surface area is 198 Å². The van der Waals surface area contributed by atoms with E-state index in [0.717, 1.165) is 0 Å². The molecule has 0 aliphatic carbocycles. The maximum Gasteiger partial charge on any atom is 0.475 e. The normalized spacial score (nSPS) is 22.9. The summed E-state index contributed by atoms with van der Waals surface area (Å²) < 4.78 is 38.1. The van der Waals surface area contributed by atoms with Gasteiger partial charge in [0.25, 0.3) is 0 Å². The van der Waals surface area contributed by atoms with Crippen LogP contribution < -0.4 is 10.6 Å².